The molecule has 1 aromatic carbocycles. The molecular formula is C14H19ClN2O4. The van der Waals surface area contributed by atoms with Crippen LogP contribution in [0.25, 0.3) is 0 Å². The first kappa shape index (κ1) is 16.0. The Hall–Kier alpha value is -1.37. The number of benzene rings is 1. The van der Waals surface area contributed by atoms with Gasteiger partial charge in [-0.1, -0.05) is 6.07 Å². The van der Waals surface area contributed by atoms with Gasteiger partial charge in [0.2, 0.25) is 0 Å². The van der Waals surface area contributed by atoms with E-state index in [1.807, 2.05) is 0 Å². The molecule has 116 valence electrons. The van der Waals surface area contributed by atoms with Gasteiger partial charge < -0.3 is 9.47 Å². The van der Waals surface area contributed by atoms with E-state index in [2.05, 4.69) is 4.90 Å². The second kappa shape index (κ2) is 7.59. The molecule has 1 aromatic rings. The lowest BCUT2D eigenvalue weighted by Gasteiger charge is -2.28. The van der Waals surface area contributed by atoms with Gasteiger partial charge in [-0.2, -0.15) is 0 Å². The standard InChI is InChI=1S/C14H19ClN2O4/c1-2-21-14-4-3-11(9-13(14)17(18)19)12(15)10-16-5-7-20-8-6-16/h3-4,9,12H,2,5-8,10H2,1H3. The zero-order valence-electron chi connectivity index (χ0n) is 12.0. The molecule has 1 unspecified atom stereocenters. The molecule has 0 aliphatic carbocycles. The first-order valence-electron chi connectivity index (χ1n) is 6.97. The van der Waals surface area contributed by atoms with E-state index in [1.165, 1.54) is 6.07 Å². The molecule has 1 aliphatic heterocycles. The van der Waals surface area contributed by atoms with Crippen LogP contribution in [0.1, 0.15) is 17.9 Å². The maximum Gasteiger partial charge on any atom is 0.311 e. The summed E-state index contributed by atoms with van der Waals surface area (Å²) in [7, 11) is 0. The summed E-state index contributed by atoms with van der Waals surface area (Å²) in [4.78, 5) is 12.9. The van der Waals surface area contributed by atoms with Gasteiger partial charge >= 0.3 is 5.69 Å². The molecule has 0 saturated carbocycles. The predicted molar refractivity (Wildman–Crippen MR) is 80.1 cm³/mol. The Balaban J connectivity index is 2.11. The van der Waals surface area contributed by atoms with E-state index < -0.39 is 4.92 Å². The number of halogens is 1. The Morgan fingerprint density at radius 1 is 1.48 bits per heavy atom. The van der Waals surface area contributed by atoms with E-state index in [4.69, 9.17) is 21.1 Å². The van der Waals surface area contributed by atoms with Gasteiger partial charge in [0.05, 0.1) is 30.1 Å². The van der Waals surface area contributed by atoms with Crippen LogP contribution in [0.3, 0.4) is 0 Å². The Bertz CT molecular complexity index is 492. The lowest BCUT2D eigenvalue weighted by molar-refractivity contribution is -0.385. The Kier molecular flexibility index (Phi) is 5.78. The van der Waals surface area contributed by atoms with Crippen LogP contribution in [-0.2, 0) is 4.74 Å². The van der Waals surface area contributed by atoms with Crippen molar-refractivity contribution in [2.24, 2.45) is 0 Å². The summed E-state index contributed by atoms with van der Waals surface area (Å²) in [5.74, 6) is 0.279. The van der Waals surface area contributed by atoms with Crippen LogP contribution in [0.15, 0.2) is 18.2 Å². The average Bonchev–Trinajstić information content (AvgIpc) is 2.48. The number of hydrogen-bond acceptors (Lipinski definition) is 5. The van der Waals surface area contributed by atoms with Gasteiger partial charge in [-0.25, -0.2) is 0 Å². The summed E-state index contributed by atoms with van der Waals surface area (Å²) in [6.45, 7) is 5.90. The summed E-state index contributed by atoms with van der Waals surface area (Å²) < 4.78 is 10.6. The van der Waals surface area contributed by atoms with Crippen LogP contribution in [0.5, 0.6) is 5.75 Å². The lowest BCUT2D eigenvalue weighted by Crippen LogP contribution is -2.38. The lowest BCUT2D eigenvalue weighted by atomic mass is 10.1. The van der Waals surface area contributed by atoms with Crippen molar-refractivity contribution >= 4 is 17.3 Å². The third-order valence-electron chi connectivity index (χ3n) is 3.36. The first-order valence-corrected chi connectivity index (χ1v) is 7.40. The minimum atomic E-state index is -0.438. The van der Waals surface area contributed by atoms with Crippen molar-refractivity contribution in [2.75, 3.05) is 39.5 Å². The van der Waals surface area contributed by atoms with E-state index in [9.17, 15) is 10.1 Å². The molecule has 1 heterocycles. The van der Waals surface area contributed by atoms with Crippen molar-refractivity contribution in [1.29, 1.82) is 0 Å². The largest absolute Gasteiger partial charge is 0.487 e. The number of alkyl halides is 1. The summed E-state index contributed by atoms with van der Waals surface area (Å²) in [5, 5.41) is 10.8. The SMILES string of the molecule is CCOc1ccc(C(Cl)CN2CCOCC2)cc1[N+](=O)[O-]. The molecule has 1 atom stereocenters. The molecular weight excluding hydrogens is 296 g/mol. The normalized spacial score (nSPS) is 17.4. The minimum absolute atomic E-state index is 0.0398. The molecule has 6 nitrogen and oxygen atoms in total. The predicted octanol–water partition coefficient (Wildman–Crippen LogP) is 2.61. The van der Waals surface area contributed by atoms with Crippen LogP contribution in [-0.4, -0.2) is 49.3 Å². The number of rotatable bonds is 6. The van der Waals surface area contributed by atoms with Crippen molar-refractivity contribution in [3.63, 3.8) is 0 Å². The van der Waals surface area contributed by atoms with Crippen LogP contribution in [0.2, 0.25) is 0 Å². The van der Waals surface area contributed by atoms with Crippen LogP contribution in [0.4, 0.5) is 5.69 Å². The molecule has 0 aromatic heterocycles. The Morgan fingerprint density at radius 3 is 2.81 bits per heavy atom. The highest BCUT2D eigenvalue weighted by molar-refractivity contribution is 6.21. The van der Waals surface area contributed by atoms with Gasteiger partial charge in [-0.05, 0) is 18.6 Å². The van der Waals surface area contributed by atoms with Crippen LogP contribution in [0, 0.1) is 10.1 Å². The summed E-state index contributed by atoms with van der Waals surface area (Å²) in [6, 6.07) is 4.91. The third-order valence-corrected chi connectivity index (χ3v) is 3.75. The molecule has 0 bridgehead atoms. The molecule has 0 amide bonds. The van der Waals surface area contributed by atoms with Crippen molar-refractivity contribution in [3.8, 4) is 5.75 Å². The zero-order chi connectivity index (χ0) is 15.2. The molecule has 7 heteroatoms. The summed E-state index contributed by atoms with van der Waals surface area (Å²) in [5.41, 5.74) is 0.695. The molecule has 0 spiro atoms. The van der Waals surface area contributed by atoms with E-state index >= 15 is 0 Å². The molecule has 0 N–H and O–H groups in total. The number of nitro benzene ring substituents is 1. The quantitative estimate of drug-likeness (QED) is 0.459. The van der Waals surface area contributed by atoms with Crippen molar-refractivity contribution in [1.82, 2.24) is 4.90 Å². The van der Waals surface area contributed by atoms with Crippen LogP contribution < -0.4 is 4.74 Å². The van der Waals surface area contributed by atoms with Crippen LogP contribution >= 0.6 is 11.6 Å². The van der Waals surface area contributed by atoms with E-state index in [0.29, 0.717) is 26.4 Å². The maximum atomic E-state index is 11.1. The molecule has 0 radical (unpaired) electrons. The molecule has 1 fully saturated rings. The average molecular weight is 315 g/mol. The van der Waals surface area contributed by atoms with Gasteiger partial charge in [0, 0.05) is 25.7 Å². The second-order valence-corrected chi connectivity index (χ2v) is 5.32. The highest BCUT2D eigenvalue weighted by Crippen LogP contribution is 2.32. The fourth-order valence-corrected chi connectivity index (χ4v) is 2.60. The smallest absolute Gasteiger partial charge is 0.311 e. The van der Waals surface area contributed by atoms with E-state index in [0.717, 1.165) is 18.7 Å². The van der Waals surface area contributed by atoms with E-state index in [1.54, 1.807) is 19.1 Å². The third kappa shape index (κ3) is 4.30. The van der Waals surface area contributed by atoms with Crippen molar-refractivity contribution in [3.05, 3.63) is 33.9 Å². The number of nitro groups is 1. The maximum absolute atomic E-state index is 11.1. The highest BCUT2D eigenvalue weighted by atomic mass is 35.5. The summed E-state index contributed by atoms with van der Waals surface area (Å²) in [6.07, 6.45) is 0. The van der Waals surface area contributed by atoms with Gasteiger partial charge in [0.1, 0.15) is 0 Å². The highest BCUT2D eigenvalue weighted by Gasteiger charge is 2.21. The monoisotopic (exact) mass is 314 g/mol. The van der Waals surface area contributed by atoms with Crippen molar-refractivity contribution < 1.29 is 14.4 Å². The molecule has 2 rings (SSSR count). The Labute approximate surface area is 128 Å². The Morgan fingerprint density at radius 2 is 2.19 bits per heavy atom. The molecule has 1 aliphatic rings. The fourth-order valence-electron chi connectivity index (χ4n) is 2.27. The molecule has 1 saturated heterocycles. The summed E-state index contributed by atoms with van der Waals surface area (Å²) >= 11 is 6.40. The van der Waals surface area contributed by atoms with E-state index in [-0.39, 0.29) is 16.8 Å². The zero-order valence-corrected chi connectivity index (χ0v) is 12.7. The number of ether oxygens (including phenoxy) is 2. The minimum Gasteiger partial charge on any atom is -0.487 e. The number of morpholine rings is 1. The second-order valence-electron chi connectivity index (χ2n) is 4.80. The number of hydrogen-bond donors (Lipinski definition) is 0. The molecule has 21 heavy (non-hydrogen) atoms. The van der Waals surface area contributed by atoms with Gasteiger partial charge in [0.15, 0.2) is 5.75 Å². The van der Waals surface area contributed by atoms with Gasteiger partial charge in [0.25, 0.3) is 0 Å². The topological polar surface area (TPSA) is 64.8 Å². The van der Waals surface area contributed by atoms with Gasteiger partial charge in [-0.3, -0.25) is 15.0 Å². The van der Waals surface area contributed by atoms with Gasteiger partial charge in [-0.15, -0.1) is 11.6 Å². The van der Waals surface area contributed by atoms with Crippen molar-refractivity contribution in [2.45, 2.75) is 12.3 Å². The first-order chi connectivity index (χ1) is 10.1. The fraction of sp³-hybridized carbons (Fsp3) is 0.571. The number of nitrogens with zero attached hydrogens (tertiary/aromatic N) is 2.